The third-order valence-electron chi connectivity index (χ3n) is 3.00. The third-order valence-corrected chi connectivity index (χ3v) is 5.08. The van der Waals surface area contributed by atoms with E-state index in [0.717, 1.165) is 26.1 Å². The fraction of sp³-hybridized carbons (Fsp3) is 0.714. The number of rotatable bonds is 8. The largest absolute Gasteiger partial charge is 0.383 e. The zero-order valence-electron chi connectivity index (χ0n) is 11.8. The molecule has 0 atom stereocenters. The first-order chi connectivity index (χ1) is 8.44. The van der Waals surface area contributed by atoms with E-state index in [2.05, 4.69) is 48.1 Å². The lowest BCUT2D eigenvalue weighted by molar-refractivity contribution is 0.193. The van der Waals surface area contributed by atoms with E-state index in [1.54, 1.807) is 7.11 Å². The summed E-state index contributed by atoms with van der Waals surface area (Å²) in [7, 11) is 1.74. The maximum Gasteiger partial charge on any atom is 0.0587 e. The molecule has 0 radical (unpaired) electrons. The number of ether oxygens (including phenoxy) is 1. The van der Waals surface area contributed by atoms with Crippen LogP contribution in [0.1, 0.15) is 30.0 Å². The average Bonchev–Trinajstić information content (AvgIpc) is 2.61. The molecule has 1 heterocycles. The van der Waals surface area contributed by atoms with Crippen LogP contribution in [0, 0.1) is 12.3 Å². The Morgan fingerprint density at radius 1 is 1.44 bits per heavy atom. The lowest BCUT2D eigenvalue weighted by Crippen LogP contribution is -2.31. The van der Waals surface area contributed by atoms with Gasteiger partial charge in [-0.15, -0.1) is 11.3 Å². The van der Waals surface area contributed by atoms with Gasteiger partial charge in [-0.2, -0.15) is 0 Å². The van der Waals surface area contributed by atoms with Crippen LogP contribution in [-0.4, -0.2) is 26.8 Å². The van der Waals surface area contributed by atoms with Gasteiger partial charge in [0, 0.05) is 34.4 Å². The molecule has 104 valence electrons. The Labute approximate surface area is 123 Å². The minimum absolute atomic E-state index is 0.324. The molecule has 2 nitrogen and oxygen atoms in total. The molecule has 0 aliphatic rings. The molecule has 0 unspecified atom stereocenters. The average molecular weight is 334 g/mol. The number of hydrogen-bond acceptors (Lipinski definition) is 3. The highest BCUT2D eigenvalue weighted by atomic mass is 79.9. The summed E-state index contributed by atoms with van der Waals surface area (Å²) in [6, 6.07) is 2.21. The van der Waals surface area contributed by atoms with Crippen molar-refractivity contribution >= 4 is 27.3 Å². The smallest absolute Gasteiger partial charge is 0.0587 e. The fourth-order valence-corrected chi connectivity index (χ4v) is 3.71. The van der Waals surface area contributed by atoms with E-state index in [1.807, 2.05) is 11.3 Å². The Bertz CT molecular complexity index is 363. The van der Waals surface area contributed by atoms with Crippen LogP contribution >= 0.6 is 27.3 Å². The van der Waals surface area contributed by atoms with Crippen molar-refractivity contribution in [3.8, 4) is 0 Å². The van der Waals surface area contributed by atoms with Crippen molar-refractivity contribution in [3.63, 3.8) is 0 Å². The second-order valence-corrected chi connectivity index (χ2v) is 7.66. The number of aryl methyl sites for hydroxylation is 2. The van der Waals surface area contributed by atoms with Crippen molar-refractivity contribution in [3.05, 3.63) is 20.3 Å². The highest BCUT2D eigenvalue weighted by Crippen LogP contribution is 2.31. The zero-order chi connectivity index (χ0) is 13.6. The van der Waals surface area contributed by atoms with E-state index in [4.69, 9.17) is 4.74 Å². The zero-order valence-corrected chi connectivity index (χ0v) is 14.2. The summed E-state index contributed by atoms with van der Waals surface area (Å²) in [6.45, 7) is 9.56. The molecule has 4 heteroatoms. The van der Waals surface area contributed by atoms with Gasteiger partial charge in [0.25, 0.3) is 0 Å². The molecule has 0 saturated carbocycles. The van der Waals surface area contributed by atoms with Gasteiger partial charge in [0.1, 0.15) is 0 Å². The number of thiophene rings is 1. The highest BCUT2D eigenvalue weighted by Gasteiger charge is 2.18. The van der Waals surface area contributed by atoms with Gasteiger partial charge >= 0.3 is 0 Å². The summed E-state index contributed by atoms with van der Waals surface area (Å²) < 4.78 is 6.31. The molecule has 0 saturated heterocycles. The molecule has 1 rings (SSSR count). The summed E-state index contributed by atoms with van der Waals surface area (Å²) in [5.41, 5.74) is 0.324. The number of nitrogens with one attached hydrogen (secondary N) is 1. The number of methoxy groups -OCH3 is 1. The predicted molar refractivity (Wildman–Crippen MR) is 83.6 cm³/mol. The summed E-state index contributed by atoms with van der Waals surface area (Å²) >= 11 is 5.54. The van der Waals surface area contributed by atoms with Crippen LogP contribution in [0.5, 0.6) is 0 Å². The normalized spacial score (nSPS) is 12.1. The number of hydrogen-bond donors (Lipinski definition) is 1. The van der Waals surface area contributed by atoms with Crippen molar-refractivity contribution in [2.45, 2.75) is 33.6 Å². The highest BCUT2D eigenvalue weighted by molar-refractivity contribution is 9.10. The minimum atomic E-state index is 0.324. The third kappa shape index (κ3) is 5.83. The molecule has 0 fully saturated rings. The van der Waals surface area contributed by atoms with Crippen molar-refractivity contribution in [1.29, 1.82) is 0 Å². The molecule has 1 N–H and O–H groups in total. The van der Waals surface area contributed by atoms with Gasteiger partial charge in [0.05, 0.1) is 6.61 Å². The SMILES string of the molecule is COCCNCC(C)(C)CCc1sc(C)cc1Br. The standard InChI is InChI=1S/C14H24BrNOS/c1-11-9-12(15)13(18-11)5-6-14(2,3)10-16-7-8-17-4/h9,16H,5-8,10H2,1-4H3. The first-order valence-electron chi connectivity index (χ1n) is 6.39. The van der Waals surface area contributed by atoms with Crippen LogP contribution in [0.2, 0.25) is 0 Å². The van der Waals surface area contributed by atoms with Crippen molar-refractivity contribution in [2.24, 2.45) is 5.41 Å². The first-order valence-corrected chi connectivity index (χ1v) is 8.00. The molecule has 0 aromatic carbocycles. The van der Waals surface area contributed by atoms with Gasteiger partial charge in [-0.1, -0.05) is 13.8 Å². The van der Waals surface area contributed by atoms with Gasteiger partial charge in [-0.05, 0) is 47.2 Å². The summed E-state index contributed by atoms with van der Waals surface area (Å²) in [5, 5.41) is 3.45. The van der Waals surface area contributed by atoms with Crippen molar-refractivity contribution in [1.82, 2.24) is 5.32 Å². The summed E-state index contributed by atoms with van der Waals surface area (Å²) in [5.74, 6) is 0. The molecular weight excluding hydrogens is 310 g/mol. The topological polar surface area (TPSA) is 21.3 Å². The van der Waals surface area contributed by atoms with Gasteiger partial charge in [-0.3, -0.25) is 0 Å². The molecule has 18 heavy (non-hydrogen) atoms. The van der Waals surface area contributed by atoms with Crippen LogP contribution in [-0.2, 0) is 11.2 Å². The van der Waals surface area contributed by atoms with Crippen molar-refractivity contribution in [2.75, 3.05) is 26.8 Å². The lowest BCUT2D eigenvalue weighted by Gasteiger charge is -2.25. The van der Waals surface area contributed by atoms with E-state index < -0.39 is 0 Å². The molecular formula is C14H24BrNOS. The van der Waals surface area contributed by atoms with Crippen LogP contribution in [0.15, 0.2) is 10.5 Å². The predicted octanol–water partition coefficient (Wildman–Crippen LogP) is 4.01. The summed E-state index contributed by atoms with van der Waals surface area (Å²) in [4.78, 5) is 2.85. The first kappa shape index (κ1) is 16.2. The van der Waals surface area contributed by atoms with Crippen LogP contribution < -0.4 is 5.32 Å². The fourth-order valence-electron chi connectivity index (χ4n) is 1.84. The second kappa shape index (κ2) is 7.63. The molecule has 0 aliphatic heterocycles. The molecule has 0 bridgehead atoms. The minimum Gasteiger partial charge on any atom is -0.383 e. The van der Waals surface area contributed by atoms with E-state index >= 15 is 0 Å². The Kier molecular flexibility index (Phi) is 6.85. The van der Waals surface area contributed by atoms with Crippen LogP contribution in [0.3, 0.4) is 0 Å². The van der Waals surface area contributed by atoms with Gasteiger partial charge in [-0.25, -0.2) is 0 Å². The van der Waals surface area contributed by atoms with Gasteiger partial charge in [0.2, 0.25) is 0 Å². The van der Waals surface area contributed by atoms with E-state index in [-0.39, 0.29) is 0 Å². The Hall–Kier alpha value is 0.100. The second-order valence-electron chi connectivity index (χ2n) is 5.46. The maximum atomic E-state index is 5.04. The van der Waals surface area contributed by atoms with E-state index in [1.165, 1.54) is 20.6 Å². The van der Waals surface area contributed by atoms with Crippen LogP contribution in [0.4, 0.5) is 0 Å². The van der Waals surface area contributed by atoms with E-state index in [0.29, 0.717) is 5.41 Å². The van der Waals surface area contributed by atoms with Gasteiger partial charge < -0.3 is 10.1 Å². The Morgan fingerprint density at radius 3 is 2.72 bits per heavy atom. The number of halogens is 1. The monoisotopic (exact) mass is 333 g/mol. The van der Waals surface area contributed by atoms with Crippen LogP contribution in [0.25, 0.3) is 0 Å². The van der Waals surface area contributed by atoms with Crippen molar-refractivity contribution < 1.29 is 4.74 Å². The van der Waals surface area contributed by atoms with Gasteiger partial charge in [0.15, 0.2) is 0 Å². The quantitative estimate of drug-likeness (QED) is 0.725. The Morgan fingerprint density at radius 2 is 2.17 bits per heavy atom. The lowest BCUT2D eigenvalue weighted by atomic mass is 9.87. The van der Waals surface area contributed by atoms with E-state index in [9.17, 15) is 0 Å². The summed E-state index contributed by atoms with van der Waals surface area (Å²) in [6.07, 6.45) is 2.35. The molecule has 0 aliphatic carbocycles. The molecule has 0 amide bonds. The maximum absolute atomic E-state index is 5.04. The Balaban J connectivity index is 2.34. The molecule has 0 spiro atoms. The molecule has 1 aromatic heterocycles. The molecule has 1 aromatic rings.